The maximum Gasteiger partial charge on any atom is 0.270 e. The van der Waals surface area contributed by atoms with E-state index in [0.717, 1.165) is 5.56 Å². The third-order valence-electron chi connectivity index (χ3n) is 3.49. The molecular formula is C16H11ClN2O3. The molecule has 0 radical (unpaired) electrons. The van der Waals surface area contributed by atoms with Crippen LogP contribution in [0, 0.1) is 10.1 Å². The predicted octanol–water partition coefficient (Wildman–Crippen LogP) is 3.21. The standard InChI is InChI=1S/C16H11ClN2O3/c17-15-4-2-1-3-13(15)16-14-8-11(19(21)22)6-5-10(14)7-12(20)9-18-16/h1-6,8H,7,9H2/i5+1,6+1,8+1,10+1,11+1,14+1. The number of halogens is 1. The number of nitro benzene ring substituents is 1. The third-order valence-corrected chi connectivity index (χ3v) is 3.82. The van der Waals surface area contributed by atoms with E-state index in [9.17, 15) is 14.9 Å². The van der Waals surface area contributed by atoms with Crippen LogP contribution in [-0.4, -0.2) is 23.0 Å². The molecule has 3 rings (SSSR count). The number of nitrogens with zero attached hydrogens (tertiary/aromatic N) is 2. The molecule has 0 fully saturated rings. The molecule has 0 saturated carbocycles. The summed E-state index contributed by atoms with van der Waals surface area (Å²) in [5, 5.41) is 11.5. The van der Waals surface area contributed by atoms with Crippen molar-refractivity contribution < 1.29 is 9.72 Å². The summed E-state index contributed by atoms with van der Waals surface area (Å²) in [5.74, 6) is -0.0304. The number of aliphatic imine (C=N–C) groups is 1. The summed E-state index contributed by atoms with van der Waals surface area (Å²) in [5.41, 5.74) is 2.48. The summed E-state index contributed by atoms with van der Waals surface area (Å²) < 4.78 is 0. The van der Waals surface area contributed by atoms with E-state index in [1.165, 1.54) is 12.1 Å². The first kappa shape index (κ1) is 14.4. The Kier molecular flexibility index (Phi) is 3.73. The van der Waals surface area contributed by atoms with Crippen LogP contribution in [0.5, 0.6) is 0 Å². The molecule has 0 N–H and O–H groups in total. The zero-order valence-corrected chi connectivity index (χ0v) is 12.2. The minimum Gasteiger partial charge on any atom is -0.297 e. The summed E-state index contributed by atoms with van der Waals surface area (Å²) >= 11 is 6.22. The Morgan fingerprint density at radius 1 is 1.14 bits per heavy atom. The van der Waals surface area contributed by atoms with Crippen molar-refractivity contribution in [3.8, 4) is 0 Å². The van der Waals surface area contributed by atoms with Crippen LogP contribution in [-0.2, 0) is 11.2 Å². The van der Waals surface area contributed by atoms with Crippen LogP contribution in [0.3, 0.4) is 0 Å². The monoisotopic (exact) mass is 320 g/mol. The fourth-order valence-electron chi connectivity index (χ4n) is 2.46. The average Bonchev–Trinajstić information content (AvgIpc) is 2.65. The minimum absolute atomic E-state index is 0.0304. The molecule has 0 bridgehead atoms. The summed E-state index contributed by atoms with van der Waals surface area (Å²) in [4.78, 5) is 26.7. The number of carbonyl (C=O) groups is 1. The van der Waals surface area contributed by atoms with Gasteiger partial charge in [-0.25, -0.2) is 0 Å². The van der Waals surface area contributed by atoms with Crippen LogP contribution < -0.4 is 0 Å². The van der Waals surface area contributed by atoms with Crippen molar-refractivity contribution in [3.05, 3.63) is 74.3 Å². The largest absolute Gasteiger partial charge is 0.297 e. The van der Waals surface area contributed by atoms with Gasteiger partial charge in [-0.2, -0.15) is 0 Å². The maximum atomic E-state index is 11.9. The van der Waals surface area contributed by atoms with Gasteiger partial charge >= 0.3 is 0 Å². The van der Waals surface area contributed by atoms with Gasteiger partial charge in [0.2, 0.25) is 0 Å². The quantitative estimate of drug-likeness (QED) is 0.630. The van der Waals surface area contributed by atoms with Crippen molar-refractivity contribution >= 4 is 28.8 Å². The number of nitro groups is 1. The molecule has 110 valence electrons. The number of ketones is 1. The van der Waals surface area contributed by atoms with E-state index in [1.54, 1.807) is 24.3 Å². The van der Waals surface area contributed by atoms with E-state index in [2.05, 4.69) is 4.99 Å². The van der Waals surface area contributed by atoms with Gasteiger partial charge in [0.15, 0.2) is 5.78 Å². The van der Waals surface area contributed by atoms with Crippen LogP contribution in [0.2, 0.25) is 5.02 Å². The minimum atomic E-state index is -0.461. The number of rotatable bonds is 2. The highest BCUT2D eigenvalue weighted by molar-refractivity contribution is 6.35. The lowest BCUT2D eigenvalue weighted by molar-refractivity contribution is -0.384. The van der Waals surface area contributed by atoms with E-state index in [-0.39, 0.29) is 24.4 Å². The average molecular weight is 321 g/mol. The van der Waals surface area contributed by atoms with Gasteiger partial charge in [0, 0.05) is 34.7 Å². The number of carbonyl (C=O) groups excluding carboxylic acids is 1. The molecule has 1 heterocycles. The molecule has 0 saturated heterocycles. The zero-order chi connectivity index (χ0) is 15.7. The zero-order valence-electron chi connectivity index (χ0n) is 11.5. The highest BCUT2D eigenvalue weighted by Gasteiger charge is 2.22. The van der Waals surface area contributed by atoms with Gasteiger partial charge < -0.3 is 0 Å². The topological polar surface area (TPSA) is 72.6 Å². The Morgan fingerprint density at radius 2 is 1.91 bits per heavy atom. The first-order valence-electron chi connectivity index (χ1n) is 6.65. The Morgan fingerprint density at radius 3 is 2.64 bits per heavy atom. The van der Waals surface area contributed by atoms with E-state index in [4.69, 9.17) is 11.6 Å². The smallest absolute Gasteiger partial charge is 0.270 e. The second kappa shape index (κ2) is 5.69. The van der Waals surface area contributed by atoms with Gasteiger partial charge in [0.25, 0.3) is 5.69 Å². The Hall–Kier alpha value is -2.53. The van der Waals surface area contributed by atoms with E-state index >= 15 is 0 Å². The molecule has 0 unspecified atom stereocenters. The number of hydrogen-bond acceptors (Lipinski definition) is 4. The van der Waals surface area contributed by atoms with Crippen LogP contribution in [0.1, 0.15) is 16.7 Å². The molecule has 6 heteroatoms. The number of non-ortho nitro benzene ring substituents is 1. The second-order valence-corrected chi connectivity index (χ2v) is 5.37. The predicted molar refractivity (Wildman–Crippen MR) is 83.8 cm³/mol. The molecule has 1 aliphatic heterocycles. The molecule has 0 amide bonds. The molecule has 0 atom stereocenters. The Labute approximate surface area is 131 Å². The van der Waals surface area contributed by atoms with Gasteiger partial charge in [-0.3, -0.25) is 19.9 Å². The lowest BCUT2D eigenvalue weighted by Crippen LogP contribution is -2.07. The fraction of sp³-hybridized carbons (Fsp3) is 0.125. The number of hydrogen-bond donors (Lipinski definition) is 0. The SMILES string of the molecule is O=C1CN=C(c2ccccc2Cl)[13c]2[13cH][13c]([N+](=O)[O-])[13cH][13cH][13c]2C1. The fourth-order valence-corrected chi connectivity index (χ4v) is 2.68. The van der Waals surface area contributed by atoms with Crippen molar-refractivity contribution in [1.82, 2.24) is 0 Å². The Bertz CT molecular complexity index is 815. The lowest BCUT2D eigenvalue weighted by Gasteiger charge is -2.10. The Balaban J connectivity index is 2.23. The number of fused-ring (bicyclic) bond motifs is 1. The summed E-state index contributed by atoms with van der Waals surface area (Å²) in [7, 11) is 0. The van der Waals surface area contributed by atoms with E-state index < -0.39 is 4.92 Å². The highest BCUT2D eigenvalue weighted by Crippen LogP contribution is 2.27. The van der Waals surface area contributed by atoms with Crippen molar-refractivity contribution in [2.45, 2.75) is 6.42 Å². The first-order valence-corrected chi connectivity index (χ1v) is 7.03. The normalized spacial score (nSPS) is 14.0. The van der Waals surface area contributed by atoms with E-state index in [1.807, 2.05) is 6.07 Å². The molecule has 22 heavy (non-hydrogen) atoms. The molecule has 5 nitrogen and oxygen atoms in total. The first-order chi connectivity index (χ1) is 10.6. The van der Waals surface area contributed by atoms with Crippen LogP contribution in [0.25, 0.3) is 0 Å². The number of Topliss-reactive ketones (excluding diaryl/α,β-unsaturated/α-hetero) is 1. The maximum absolute atomic E-state index is 11.9. The van der Waals surface area contributed by atoms with Crippen LogP contribution in [0.15, 0.2) is 47.5 Å². The van der Waals surface area contributed by atoms with Crippen LogP contribution in [0.4, 0.5) is 5.69 Å². The lowest BCUT2D eigenvalue weighted by atomic mass is 10.2. The summed E-state index contributed by atoms with van der Waals surface area (Å²) in [6, 6.07) is 11.6. The van der Waals surface area contributed by atoms with Gasteiger partial charge in [-0.1, -0.05) is 35.9 Å². The van der Waals surface area contributed by atoms with Gasteiger partial charge in [-0.05, 0) is 11.6 Å². The number of benzene rings is 2. The van der Waals surface area contributed by atoms with Crippen LogP contribution >= 0.6 is 11.6 Å². The summed E-state index contributed by atoms with van der Waals surface area (Å²) in [6.45, 7) is 0.0447. The molecule has 0 aliphatic carbocycles. The summed E-state index contributed by atoms with van der Waals surface area (Å²) in [6.07, 6.45) is 0.213. The molecule has 2 aromatic carbocycles. The van der Waals surface area contributed by atoms with Crippen molar-refractivity contribution in [2.75, 3.05) is 6.54 Å². The molecule has 0 spiro atoms. The molecule has 2 aromatic rings. The van der Waals surface area contributed by atoms with Gasteiger partial charge in [-0.15, -0.1) is 0 Å². The van der Waals surface area contributed by atoms with Crippen molar-refractivity contribution in [2.24, 2.45) is 4.99 Å². The molecule has 0 aromatic heterocycles. The van der Waals surface area contributed by atoms with Crippen molar-refractivity contribution in [3.63, 3.8) is 0 Å². The van der Waals surface area contributed by atoms with Gasteiger partial charge in [0.1, 0.15) is 0 Å². The van der Waals surface area contributed by atoms with E-state index in [0.29, 0.717) is 21.9 Å². The third kappa shape index (κ3) is 2.63. The van der Waals surface area contributed by atoms with Gasteiger partial charge in [0.05, 0.1) is 17.2 Å². The highest BCUT2D eigenvalue weighted by atomic mass is 35.5. The molecule has 1 aliphatic rings. The van der Waals surface area contributed by atoms with Crippen molar-refractivity contribution in [1.29, 1.82) is 0 Å². The molecular weight excluding hydrogens is 310 g/mol. The second-order valence-electron chi connectivity index (χ2n) is 4.96.